The van der Waals surface area contributed by atoms with Gasteiger partial charge in [-0.3, -0.25) is 24.5 Å². The van der Waals surface area contributed by atoms with Gasteiger partial charge in [-0.2, -0.15) is 0 Å². The van der Waals surface area contributed by atoms with Crippen molar-refractivity contribution < 1.29 is 19.3 Å². The number of rotatable bonds is 7. The van der Waals surface area contributed by atoms with E-state index in [2.05, 4.69) is 19.2 Å². The van der Waals surface area contributed by atoms with Crippen molar-refractivity contribution in [2.24, 2.45) is 11.8 Å². The van der Waals surface area contributed by atoms with Crippen LogP contribution in [0, 0.1) is 22.0 Å². The standard InChI is InChI=1S/C38H33N3O5/c1-22(2)20-24-12-14-25(15-13-24)35(42)33-34(36(43)26-16-18-27(19-17-26)41(45)46)40-31-11-7-4-8-28(31)23(3)21-32(40)38(33)29-9-5-6-10-30(29)39-37(38)44/h4-19,21-22,32-34H,20H2,1-3H3,(H,39,44)/t32-,33+,34-,38-/m0/s1. The lowest BCUT2D eigenvalue weighted by molar-refractivity contribution is -0.384. The number of carbonyl (C=O) groups is 3. The Morgan fingerprint density at radius 1 is 0.891 bits per heavy atom. The number of allylic oxidation sites excluding steroid dienone is 1. The first-order chi connectivity index (χ1) is 22.1. The third-order valence-corrected chi connectivity index (χ3v) is 9.68. The zero-order valence-corrected chi connectivity index (χ0v) is 25.8. The van der Waals surface area contributed by atoms with Crippen LogP contribution in [-0.4, -0.2) is 34.5 Å². The van der Waals surface area contributed by atoms with Gasteiger partial charge >= 0.3 is 0 Å². The van der Waals surface area contributed by atoms with Gasteiger partial charge in [-0.25, -0.2) is 0 Å². The van der Waals surface area contributed by atoms with Crippen LogP contribution in [0.5, 0.6) is 0 Å². The molecule has 0 radical (unpaired) electrons. The van der Waals surface area contributed by atoms with E-state index >= 15 is 4.79 Å². The number of Topliss-reactive ketones (excluding diaryl/α,β-unsaturated/α-hetero) is 2. The smallest absolute Gasteiger partial charge is 0.269 e. The van der Waals surface area contributed by atoms with Gasteiger partial charge in [0.25, 0.3) is 5.69 Å². The molecule has 46 heavy (non-hydrogen) atoms. The Bertz CT molecular complexity index is 1950. The molecule has 7 rings (SSSR count). The Kier molecular flexibility index (Phi) is 6.96. The molecule has 4 aromatic carbocycles. The van der Waals surface area contributed by atoms with E-state index in [1.54, 1.807) is 12.1 Å². The van der Waals surface area contributed by atoms with Crippen molar-refractivity contribution in [2.75, 3.05) is 10.2 Å². The van der Waals surface area contributed by atoms with E-state index in [0.717, 1.165) is 28.8 Å². The topological polar surface area (TPSA) is 110 Å². The summed E-state index contributed by atoms with van der Waals surface area (Å²) in [5.41, 5.74) is 4.08. The van der Waals surface area contributed by atoms with Gasteiger partial charge < -0.3 is 10.2 Å². The summed E-state index contributed by atoms with van der Waals surface area (Å²) in [5.74, 6) is -1.70. The van der Waals surface area contributed by atoms with Crippen molar-refractivity contribution in [1.82, 2.24) is 0 Å². The monoisotopic (exact) mass is 611 g/mol. The number of nitro benzene ring substituents is 1. The van der Waals surface area contributed by atoms with Crippen molar-refractivity contribution >= 4 is 40.1 Å². The first-order valence-corrected chi connectivity index (χ1v) is 15.5. The number of anilines is 2. The minimum Gasteiger partial charge on any atom is -0.352 e. The Morgan fingerprint density at radius 3 is 2.22 bits per heavy atom. The van der Waals surface area contributed by atoms with Crippen LogP contribution in [0.1, 0.15) is 58.2 Å². The van der Waals surface area contributed by atoms with Crippen LogP contribution < -0.4 is 10.2 Å². The molecular formula is C38H33N3O5. The zero-order chi connectivity index (χ0) is 32.3. The summed E-state index contributed by atoms with van der Waals surface area (Å²) in [6, 6.07) is 26.3. The number of nitro groups is 1. The summed E-state index contributed by atoms with van der Waals surface area (Å²) in [5, 5.41) is 14.5. The van der Waals surface area contributed by atoms with Crippen molar-refractivity contribution in [3.8, 4) is 0 Å². The molecule has 0 bridgehead atoms. The number of ketones is 2. The van der Waals surface area contributed by atoms with Gasteiger partial charge in [0, 0.05) is 40.2 Å². The summed E-state index contributed by atoms with van der Waals surface area (Å²) < 4.78 is 0. The fraction of sp³-hybridized carbons (Fsp3) is 0.237. The van der Waals surface area contributed by atoms with Crippen LogP contribution in [0.15, 0.2) is 103 Å². The van der Waals surface area contributed by atoms with Gasteiger partial charge in [0.2, 0.25) is 5.91 Å². The lowest BCUT2D eigenvalue weighted by Crippen LogP contribution is -2.51. The maximum absolute atomic E-state index is 15.1. The summed E-state index contributed by atoms with van der Waals surface area (Å²) in [6.07, 6.45) is 2.87. The van der Waals surface area contributed by atoms with Crippen LogP contribution in [0.25, 0.3) is 5.57 Å². The fourth-order valence-corrected chi connectivity index (χ4v) is 7.76. The molecule has 8 heteroatoms. The number of fused-ring (bicyclic) bond motifs is 6. The average Bonchev–Trinajstić information content (AvgIpc) is 3.52. The Labute approximate surface area is 266 Å². The lowest BCUT2D eigenvalue weighted by atomic mass is 9.64. The van der Waals surface area contributed by atoms with Gasteiger partial charge in [-0.15, -0.1) is 0 Å². The Balaban J connectivity index is 1.48. The number of para-hydroxylation sites is 2. The molecule has 1 N–H and O–H groups in total. The molecule has 3 heterocycles. The van der Waals surface area contributed by atoms with Gasteiger partial charge in [0.1, 0.15) is 11.5 Å². The third kappa shape index (κ3) is 4.31. The van der Waals surface area contributed by atoms with Crippen molar-refractivity contribution in [1.29, 1.82) is 0 Å². The maximum atomic E-state index is 15.1. The molecule has 230 valence electrons. The van der Waals surface area contributed by atoms with E-state index in [1.165, 1.54) is 24.3 Å². The second kappa shape index (κ2) is 10.9. The van der Waals surface area contributed by atoms with E-state index < -0.39 is 28.3 Å². The summed E-state index contributed by atoms with van der Waals surface area (Å²) in [6.45, 7) is 6.25. The molecule has 0 unspecified atom stereocenters. The predicted octanol–water partition coefficient (Wildman–Crippen LogP) is 7.04. The third-order valence-electron chi connectivity index (χ3n) is 9.68. The van der Waals surface area contributed by atoms with Crippen LogP contribution in [0.3, 0.4) is 0 Å². The number of carbonyl (C=O) groups excluding carboxylic acids is 3. The SMILES string of the molecule is CC1=C[C@@H]2N(c3ccccc31)[C@H](C(=O)c1ccc([N+](=O)[O-])cc1)[C@H](C(=O)c1ccc(CC(C)C)cc1)[C@@]21C(=O)Nc2ccccc21. The quantitative estimate of drug-likeness (QED) is 0.136. The molecule has 0 saturated carbocycles. The minimum atomic E-state index is -1.43. The highest BCUT2D eigenvalue weighted by Gasteiger charge is 2.70. The molecular weight excluding hydrogens is 578 g/mol. The van der Waals surface area contributed by atoms with Crippen LogP contribution in [-0.2, 0) is 16.6 Å². The molecule has 1 spiro atoms. The van der Waals surface area contributed by atoms with Crippen molar-refractivity contribution in [3.05, 3.63) is 141 Å². The maximum Gasteiger partial charge on any atom is 0.269 e. The largest absolute Gasteiger partial charge is 0.352 e. The van der Waals surface area contributed by atoms with E-state index in [0.29, 0.717) is 22.7 Å². The van der Waals surface area contributed by atoms with E-state index in [-0.39, 0.29) is 28.7 Å². The number of nitrogens with zero attached hydrogens (tertiary/aromatic N) is 2. The number of nitrogens with one attached hydrogen (secondary N) is 1. The highest BCUT2D eigenvalue weighted by Crippen LogP contribution is 2.58. The van der Waals surface area contributed by atoms with E-state index in [1.807, 2.05) is 78.6 Å². The highest BCUT2D eigenvalue weighted by atomic mass is 16.6. The molecule has 3 aliphatic heterocycles. The van der Waals surface area contributed by atoms with Gasteiger partial charge in [-0.1, -0.05) is 80.6 Å². The van der Waals surface area contributed by atoms with Gasteiger partial charge in [-0.05, 0) is 60.2 Å². The molecule has 0 aliphatic carbocycles. The molecule has 0 aromatic heterocycles. The molecule has 4 aromatic rings. The summed E-state index contributed by atoms with van der Waals surface area (Å²) in [4.78, 5) is 57.3. The zero-order valence-electron chi connectivity index (χ0n) is 25.8. The average molecular weight is 612 g/mol. The summed E-state index contributed by atoms with van der Waals surface area (Å²) in [7, 11) is 0. The van der Waals surface area contributed by atoms with Gasteiger partial charge in [0.05, 0.1) is 16.9 Å². The number of benzene rings is 4. The number of amides is 1. The first-order valence-electron chi connectivity index (χ1n) is 15.5. The highest BCUT2D eigenvalue weighted by molar-refractivity contribution is 6.18. The molecule has 1 fully saturated rings. The number of hydrogen-bond acceptors (Lipinski definition) is 6. The van der Waals surface area contributed by atoms with Crippen LogP contribution in [0.4, 0.5) is 17.1 Å². The molecule has 1 saturated heterocycles. The predicted molar refractivity (Wildman–Crippen MR) is 177 cm³/mol. The van der Waals surface area contributed by atoms with E-state index in [4.69, 9.17) is 0 Å². The number of hydrogen-bond donors (Lipinski definition) is 1. The molecule has 4 atom stereocenters. The normalized spacial score (nSPS) is 22.6. The lowest BCUT2D eigenvalue weighted by Gasteiger charge is -2.39. The van der Waals surface area contributed by atoms with Crippen molar-refractivity contribution in [3.63, 3.8) is 0 Å². The molecule has 3 aliphatic rings. The fourth-order valence-electron chi connectivity index (χ4n) is 7.76. The minimum absolute atomic E-state index is 0.141. The second-order valence-corrected chi connectivity index (χ2v) is 12.8. The Hall–Kier alpha value is -5.37. The second-order valence-electron chi connectivity index (χ2n) is 12.8. The first kappa shape index (κ1) is 29.3. The van der Waals surface area contributed by atoms with Gasteiger partial charge in [0.15, 0.2) is 11.6 Å². The molecule has 8 nitrogen and oxygen atoms in total. The van der Waals surface area contributed by atoms with Crippen LogP contribution >= 0.6 is 0 Å². The Morgan fingerprint density at radius 2 is 1.52 bits per heavy atom. The van der Waals surface area contributed by atoms with Crippen molar-refractivity contribution in [2.45, 2.75) is 44.7 Å². The molecule has 1 amide bonds. The van der Waals surface area contributed by atoms with E-state index in [9.17, 15) is 19.7 Å². The summed E-state index contributed by atoms with van der Waals surface area (Å²) >= 11 is 0. The van der Waals surface area contributed by atoms with Crippen LogP contribution in [0.2, 0.25) is 0 Å². The number of non-ortho nitro benzene ring substituents is 1.